The molecule has 0 saturated carbocycles. The van der Waals surface area contributed by atoms with E-state index in [4.69, 9.17) is 38.2 Å². The van der Waals surface area contributed by atoms with Gasteiger partial charge in [-0.25, -0.2) is 0 Å². The largest absolute Gasteiger partial charge is 0.487 e. The monoisotopic (exact) mass is 238 g/mol. The first kappa shape index (κ1) is 11.5. The number of halogens is 2. The van der Waals surface area contributed by atoms with Crippen molar-refractivity contribution >= 4 is 23.2 Å². The van der Waals surface area contributed by atoms with E-state index in [0.717, 1.165) is 0 Å². The predicted octanol–water partition coefficient (Wildman–Crippen LogP) is 0.515. The fraction of sp³-hybridized carbons (Fsp3) is 0.429. The summed E-state index contributed by atoms with van der Waals surface area (Å²) in [7, 11) is 0. The van der Waals surface area contributed by atoms with Gasteiger partial charge in [0.1, 0.15) is 12.7 Å². The van der Waals surface area contributed by atoms with E-state index in [1.807, 2.05) is 0 Å². The molecule has 1 rings (SSSR count). The Bertz CT molecular complexity index is 311. The number of ether oxygens (including phenoxy) is 1. The normalized spacial score (nSPS) is 12.6. The number of aliphatic hydroxyl groups excluding tert-OH is 2. The van der Waals surface area contributed by atoms with E-state index < -0.39 is 6.10 Å². The van der Waals surface area contributed by atoms with Gasteiger partial charge in [0.2, 0.25) is 0 Å². The highest BCUT2D eigenvalue weighted by atomic mass is 35.5. The average Bonchev–Trinajstić information content (AvgIpc) is 2.19. The molecule has 1 aromatic heterocycles. The molecular formula is C7H8Cl2N2O3. The van der Waals surface area contributed by atoms with Gasteiger partial charge in [-0.05, 0) is 0 Å². The van der Waals surface area contributed by atoms with Crippen LogP contribution in [0.4, 0.5) is 0 Å². The molecule has 0 unspecified atom stereocenters. The Morgan fingerprint density at radius 1 is 1.43 bits per heavy atom. The van der Waals surface area contributed by atoms with E-state index in [2.05, 4.69) is 10.2 Å². The van der Waals surface area contributed by atoms with Gasteiger partial charge in [-0.3, -0.25) is 0 Å². The summed E-state index contributed by atoms with van der Waals surface area (Å²) in [5, 5.41) is 24.7. The third kappa shape index (κ3) is 3.26. The molecule has 1 atom stereocenters. The molecule has 0 aliphatic rings. The second kappa shape index (κ2) is 5.31. The number of nitrogens with zero attached hydrogens (tertiary/aromatic N) is 2. The van der Waals surface area contributed by atoms with Crippen LogP contribution in [-0.2, 0) is 0 Å². The summed E-state index contributed by atoms with van der Waals surface area (Å²) >= 11 is 11.2. The van der Waals surface area contributed by atoms with Crippen LogP contribution >= 0.6 is 23.2 Å². The molecular weight excluding hydrogens is 231 g/mol. The van der Waals surface area contributed by atoms with Crippen LogP contribution in [0.25, 0.3) is 0 Å². The second-order valence-electron chi connectivity index (χ2n) is 2.47. The predicted molar refractivity (Wildman–Crippen MR) is 50.6 cm³/mol. The van der Waals surface area contributed by atoms with Gasteiger partial charge in [0, 0.05) is 6.07 Å². The van der Waals surface area contributed by atoms with E-state index in [9.17, 15) is 0 Å². The molecule has 0 aromatic carbocycles. The standard InChI is InChI=1S/C7H8Cl2N2O3/c8-6-1-5(7(9)11-10-6)14-3-4(13)2-12/h1,4,12-13H,2-3H2/t4-/m1/s1. The van der Waals surface area contributed by atoms with Crippen molar-refractivity contribution in [3.8, 4) is 5.75 Å². The highest BCUT2D eigenvalue weighted by Crippen LogP contribution is 2.23. The SMILES string of the molecule is OC[C@@H](O)COc1cc(Cl)nnc1Cl. The molecule has 0 aliphatic heterocycles. The van der Waals surface area contributed by atoms with Gasteiger partial charge in [0.25, 0.3) is 0 Å². The van der Waals surface area contributed by atoms with E-state index in [-0.39, 0.29) is 29.3 Å². The van der Waals surface area contributed by atoms with Gasteiger partial charge < -0.3 is 14.9 Å². The summed E-state index contributed by atoms with van der Waals surface area (Å²) in [6.07, 6.45) is -0.960. The van der Waals surface area contributed by atoms with Crippen molar-refractivity contribution in [3.05, 3.63) is 16.4 Å². The van der Waals surface area contributed by atoms with Crippen LogP contribution in [0.5, 0.6) is 5.75 Å². The van der Waals surface area contributed by atoms with Gasteiger partial charge in [0.05, 0.1) is 6.61 Å². The highest BCUT2D eigenvalue weighted by molar-refractivity contribution is 6.32. The fourth-order valence-electron chi connectivity index (χ4n) is 0.677. The Labute approximate surface area is 90.2 Å². The van der Waals surface area contributed by atoms with Crippen molar-refractivity contribution in [2.24, 2.45) is 0 Å². The lowest BCUT2D eigenvalue weighted by Gasteiger charge is -2.09. The maximum Gasteiger partial charge on any atom is 0.193 e. The molecule has 7 heteroatoms. The summed E-state index contributed by atoms with van der Waals surface area (Å²) in [6.45, 7) is -0.470. The molecule has 0 aliphatic carbocycles. The van der Waals surface area contributed by atoms with Crippen LogP contribution in [-0.4, -0.2) is 39.7 Å². The summed E-state index contributed by atoms with van der Waals surface area (Å²) in [6, 6.07) is 1.38. The van der Waals surface area contributed by atoms with E-state index in [0.29, 0.717) is 0 Å². The molecule has 5 nitrogen and oxygen atoms in total. The highest BCUT2D eigenvalue weighted by Gasteiger charge is 2.08. The van der Waals surface area contributed by atoms with Crippen LogP contribution in [0.2, 0.25) is 10.3 Å². The van der Waals surface area contributed by atoms with Crippen LogP contribution < -0.4 is 4.74 Å². The summed E-state index contributed by atoms with van der Waals surface area (Å²) in [5.74, 6) is 0.221. The van der Waals surface area contributed by atoms with Crippen molar-refractivity contribution < 1.29 is 14.9 Å². The molecule has 1 heterocycles. The molecule has 0 fully saturated rings. The maximum atomic E-state index is 8.99. The minimum Gasteiger partial charge on any atom is -0.487 e. The Kier molecular flexibility index (Phi) is 4.34. The minimum atomic E-state index is -0.960. The third-order valence-electron chi connectivity index (χ3n) is 1.33. The van der Waals surface area contributed by atoms with E-state index in [1.54, 1.807) is 0 Å². The lowest BCUT2D eigenvalue weighted by Crippen LogP contribution is -2.21. The van der Waals surface area contributed by atoms with E-state index >= 15 is 0 Å². The first-order valence-corrected chi connectivity index (χ1v) is 4.49. The van der Waals surface area contributed by atoms with Crippen molar-refractivity contribution in [2.75, 3.05) is 13.2 Å². The fourth-order valence-corrected chi connectivity index (χ4v) is 0.961. The zero-order valence-electron chi connectivity index (χ0n) is 7.02. The van der Waals surface area contributed by atoms with E-state index in [1.165, 1.54) is 6.07 Å². The number of aromatic nitrogens is 2. The van der Waals surface area contributed by atoms with Crippen LogP contribution in [0, 0.1) is 0 Å². The topological polar surface area (TPSA) is 75.5 Å². The first-order valence-electron chi connectivity index (χ1n) is 3.74. The van der Waals surface area contributed by atoms with Gasteiger partial charge in [-0.2, -0.15) is 0 Å². The van der Waals surface area contributed by atoms with Crippen molar-refractivity contribution in [3.63, 3.8) is 0 Å². The molecule has 78 valence electrons. The van der Waals surface area contributed by atoms with Gasteiger partial charge in [-0.1, -0.05) is 23.2 Å². The number of hydrogen-bond acceptors (Lipinski definition) is 5. The van der Waals surface area contributed by atoms with Gasteiger partial charge in [-0.15, -0.1) is 10.2 Å². The molecule has 1 aromatic rings. The van der Waals surface area contributed by atoms with Crippen LogP contribution in [0.3, 0.4) is 0 Å². The smallest absolute Gasteiger partial charge is 0.193 e. The maximum absolute atomic E-state index is 8.99. The first-order chi connectivity index (χ1) is 6.63. The van der Waals surface area contributed by atoms with Gasteiger partial charge >= 0.3 is 0 Å². The molecule has 0 radical (unpaired) electrons. The molecule has 0 bridgehead atoms. The molecule has 0 saturated heterocycles. The number of hydrogen-bond donors (Lipinski definition) is 2. The lowest BCUT2D eigenvalue weighted by atomic mass is 10.4. The minimum absolute atomic E-state index is 0.0551. The Balaban J connectivity index is 2.62. The number of aliphatic hydroxyl groups is 2. The van der Waals surface area contributed by atoms with Crippen LogP contribution in [0.1, 0.15) is 0 Å². The van der Waals surface area contributed by atoms with Crippen molar-refractivity contribution in [1.82, 2.24) is 10.2 Å². The van der Waals surface area contributed by atoms with Crippen molar-refractivity contribution in [1.29, 1.82) is 0 Å². The van der Waals surface area contributed by atoms with Crippen molar-refractivity contribution in [2.45, 2.75) is 6.10 Å². The summed E-state index contributed by atoms with van der Waals surface area (Å²) in [5.41, 5.74) is 0. The second-order valence-corrected chi connectivity index (χ2v) is 3.21. The average molecular weight is 239 g/mol. The lowest BCUT2D eigenvalue weighted by molar-refractivity contribution is 0.0535. The zero-order chi connectivity index (χ0) is 10.6. The quantitative estimate of drug-likeness (QED) is 0.800. The molecule has 2 N–H and O–H groups in total. The Morgan fingerprint density at radius 2 is 2.14 bits per heavy atom. The molecule has 0 amide bonds. The zero-order valence-corrected chi connectivity index (χ0v) is 8.53. The molecule has 14 heavy (non-hydrogen) atoms. The number of rotatable bonds is 4. The molecule has 0 spiro atoms. The third-order valence-corrected chi connectivity index (χ3v) is 1.78. The van der Waals surface area contributed by atoms with Crippen LogP contribution in [0.15, 0.2) is 6.07 Å². The van der Waals surface area contributed by atoms with Gasteiger partial charge in [0.15, 0.2) is 16.1 Å². The Hall–Kier alpha value is -0.620. The Morgan fingerprint density at radius 3 is 2.79 bits per heavy atom. The summed E-state index contributed by atoms with van der Waals surface area (Å²) < 4.78 is 5.04. The summed E-state index contributed by atoms with van der Waals surface area (Å²) in [4.78, 5) is 0.